The zero-order chi connectivity index (χ0) is 19.8. The van der Waals surface area contributed by atoms with Gasteiger partial charge in [-0.15, -0.1) is 0 Å². The van der Waals surface area contributed by atoms with Gasteiger partial charge in [-0.25, -0.2) is 0 Å². The summed E-state index contributed by atoms with van der Waals surface area (Å²) in [5.41, 5.74) is 2.76. The van der Waals surface area contributed by atoms with Gasteiger partial charge in [-0.1, -0.05) is 48.0 Å². The monoisotopic (exact) mass is 388 g/mol. The van der Waals surface area contributed by atoms with Gasteiger partial charge in [-0.2, -0.15) is 0 Å². The molecule has 0 spiro atoms. The van der Waals surface area contributed by atoms with Gasteiger partial charge in [0.05, 0.1) is 0 Å². The number of halogens is 1. The number of hydrogen-bond acceptors (Lipinski definition) is 2. The Morgan fingerprint density at radius 3 is 2.56 bits per heavy atom. The fourth-order valence-corrected chi connectivity index (χ4v) is 2.94. The summed E-state index contributed by atoms with van der Waals surface area (Å²) in [7, 11) is 0. The molecule has 0 aliphatic heterocycles. The predicted molar refractivity (Wildman–Crippen MR) is 109 cm³/mol. The minimum atomic E-state index is -0.230. The summed E-state index contributed by atoms with van der Waals surface area (Å²) in [5.74, 6) is -0.287. The van der Waals surface area contributed by atoms with Crippen LogP contribution in [0.5, 0.6) is 0 Å². The molecule has 2 rings (SSSR count). The summed E-state index contributed by atoms with van der Waals surface area (Å²) in [6.07, 6.45) is 0. The number of benzene rings is 2. The first-order valence-electron chi connectivity index (χ1n) is 9.12. The molecule has 0 aliphatic carbocycles. The quantitative estimate of drug-likeness (QED) is 0.730. The predicted octanol–water partition coefficient (Wildman–Crippen LogP) is 2.76. The molecule has 6 heteroatoms. The van der Waals surface area contributed by atoms with E-state index in [1.807, 2.05) is 55.6 Å². The van der Waals surface area contributed by atoms with Gasteiger partial charge in [-0.3, -0.25) is 9.59 Å². The third-order valence-corrected chi connectivity index (χ3v) is 4.75. The Balaban J connectivity index is 1.88. The summed E-state index contributed by atoms with van der Waals surface area (Å²) in [4.78, 5) is 26.4. The Hall–Kier alpha value is -2.37. The summed E-state index contributed by atoms with van der Waals surface area (Å²) < 4.78 is 0. The number of anilines is 1. The van der Waals surface area contributed by atoms with E-state index in [0.29, 0.717) is 23.8 Å². The molecule has 27 heavy (non-hydrogen) atoms. The second kappa shape index (κ2) is 10.1. The smallest absolute Gasteiger partial charge is 0.278 e. The van der Waals surface area contributed by atoms with E-state index in [4.69, 9.17) is 11.6 Å². The number of nitrogens with two attached hydrogens (primary N) is 1. The van der Waals surface area contributed by atoms with E-state index in [0.717, 1.165) is 5.56 Å². The fraction of sp³-hybridized carbons (Fsp3) is 0.333. The van der Waals surface area contributed by atoms with Crippen molar-refractivity contribution in [3.8, 4) is 0 Å². The minimum Gasteiger partial charge on any atom is -0.333 e. The lowest BCUT2D eigenvalue weighted by Crippen LogP contribution is -2.87. The van der Waals surface area contributed by atoms with Crippen LogP contribution in [0.2, 0.25) is 5.02 Å². The molecule has 0 fully saturated rings. The van der Waals surface area contributed by atoms with E-state index in [2.05, 4.69) is 12.2 Å². The number of quaternary nitrogens is 1. The number of likely N-dealkylation sites (N-methyl/N-ethyl adjacent to an activating group) is 1. The lowest BCUT2D eigenvalue weighted by atomic mass is 10.1. The lowest BCUT2D eigenvalue weighted by Gasteiger charge is -2.21. The summed E-state index contributed by atoms with van der Waals surface area (Å²) in [6.45, 7) is 6.63. The molecule has 0 aliphatic rings. The van der Waals surface area contributed by atoms with Crippen LogP contribution in [0, 0.1) is 6.92 Å². The highest BCUT2D eigenvalue weighted by atomic mass is 35.5. The second-order valence-corrected chi connectivity index (χ2v) is 6.99. The number of nitrogens with one attached hydrogen (secondary N) is 1. The highest BCUT2D eigenvalue weighted by molar-refractivity contribution is 6.31. The normalized spacial score (nSPS) is 11.7. The van der Waals surface area contributed by atoms with Crippen molar-refractivity contribution < 1.29 is 14.9 Å². The molecule has 5 nitrogen and oxygen atoms in total. The average molecular weight is 389 g/mol. The third-order valence-electron chi connectivity index (χ3n) is 4.51. The van der Waals surface area contributed by atoms with Gasteiger partial charge in [0.1, 0.15) is 12.6 Å². The molecule has 0 saturated heterocycles. The Morgan fingerprint density at radius 1 is 1.19 bits per heavy atom. The van der Waals surface area contributed by atoms with Crippen molar-refractivity contribution in [3.05, 3.63) is 64.7 Å². The zero-order valence-electron chi connectivity index (χ0n) is 16.0. The SMILES string of the molecule is CCN(CC(=O)Nc1cc(Cl)ccc1C)C(=O)C[NH2+][C@H](C)c1ccccc1. The van der Waals surface area contributed by atoms with Gasteiger partial charge in [-0.05, 0) is 38.5 Å². The topological polar surface area (TPSA) is 66.0 Å². The van der Waals surface area contributed by atoms with Crippen LogP contribution in [0.25, 0.3) is 0 Å². The first-order valence-corrected chi connectivity index (χ1v) is 9.50. The van der Waals surface area contributed by atoms with Crippen molar-refractivity contribution in [2.75, 3.05) is 25.0 Å². The van der Waals surface area contributed by atoms with Crippen LogP contribution in [0.3, 0.4) is 0 Å². The molecule has 2 aromatic carbocycles. The van der Waals surface area contributed by atoms with Crippen molar-refractivity contribution in [2.24, 2.45) is 0 Å². The highest BCUT2D eigenvalue weighted by Gasteiger charge is 2.19. The Morgan fingerprint density at radius 2 is 1.89 bits per heavy atom. The van der Waals surface area contributed by atoms with Crippen molar-refractivity contribution in [1.29, 1.82) is 0 Å². The molecule has 1 atom stereocenters. The van der Waals surface area contributed by atoms with Gasteiger partial charge in [0.2, 0.25) is 5.91 Å². The maximum absolute atomic E-state index is 12.5. The molecule has 144 valence electrons. The van der Waals surface area contributed by atoms with Gasteiger partial charge in [0.25, 0.3) is 5.91 Å². The summed E-state index contributed by atoms with van der Waals surface area (Å²) in [6, 6.07) is 15.6. The third kappa shape index (κ3) is 6.38. The molecular formula is C21H27ClN3O2+. The van der Waals surface area contributed by atoms with Crippen LogP contribution in [0.1, 0.15) is 31.0 Å². The standard InChI is InChI=1S/C21H26ClN3O2/c1-4-25(14-20(26)24-19-12-18(22)11-10-15(19)2)21(27)13-23-16(3)17-8-6-5-7-9-17/h5-12,16,23H,4,13-14H2,1-3H3,(H,24,26)/p+1/t16-/m1/s1. The number of aryl methyl sites for hydroxylation is 1. The van der Waals surface area contributed by atoms with Crippen molar-refractivity contribution in [2.45, 2.75) is 26.8 Å². The van der Waals surface area contributed by atoms with Gasteiger partial charge in [0, 0.05) is 22.8 Å². The van der Waals surface area contributed by atoms with E-state index in [1.54, 1.807) is 17.0 Å². The van der Waals surface area contributed by atoms with E-state index in [-0.39, 0.29) is 24.4 Å². The first-order chi connectivity index (χ1) is 12.9. The number of carbonyl (C=O) groups is 2. The maximum atomic E-state index is 12.5. The zero-order valence-corrected chi connectivity index (χ0v) is 16.8. The molecule has 0 saturated carbocycles. The maximum Gasteiger partial charge on any atom is 0.278 e. The second-order valence-electron chi connectivity index (χ2n) is 6.55. The summed E-state index contributed by atoms with van der Waals surface area (Å²) in [5, 5.41) is 5.38. The number of hydrogen-bond donors (Lipinski definition) is 2. The number of carbonyl (C=O) groups excluding carboxylic acids is 2. The van der Waals surface area contributed by atoms with Crippen LogP contribution < -0.4 is 10.6 Å². The summed E-state index contributed by atoms with van der Waals surface area (Å²) >= 11 is 5.99. The minimum absolute atomic E-state index is 0.0227. The van der Waals surface area contributed by atoms with Crippen molar-refractivity contribution in [1.82, 2.24) is 4.90 Å². The number of amides is 2. The molecule has 2 amide bonds. The van der Waals surface area contributed by atoms with E-state index in [9.17, 15) is 9.59 Å². The first kappa shape index (κ1) is 20.9. The fourth-order valence-electron chi connectivity index (χ4n) is 2.77. The molecule has 3 N–H and O–H groups in total. The molecule has 0 unspecified atom stereocenters. The van der Waals surface area contributed by atoms with Crippen LogP contribution in [0.4, 0.5) is 5.69 Å². The van der Waals surface area contributed by atoms with E-state index >= 15 is 0 Å². The molecule has 0 heterocycles. The van der Waals surface area contributed by atoms with E-state index < -0.39 is 0 Å². The van der Waals surface area contributed by atoms with Crippen molar-refractivity contribution in [3.63, 3.8) is 0 Å². The van der Waals surface area contributed by atoms with Crippen LogP contribution in [-0.4, -0.2) is 36.3 Å². The Bertz CT molecular complexity index is 780. The van der Waals surface area contributed by atoms with Gasteiger partial charge < -0.3 is 15.5 Å². The highest BCUT2D eigenvalue weighted by Crippen LogP contribution is 2.20. The Labute approximate surface area is 165 Å². The average Bonchev–Trinajstić information content (AvgIpc) is 2.67. The number of rotatable bonds is 8. The van der Waals surface area contributed by atoms with Gasteiger partial charge >= 0.3 is 0 Å². The van der Waals surface area contributed by atoms with Gasteiger partial charge in [0.15, 0.2) is 6.54 Å². The number of nitrogens with zero attached hydrogens (tertiary/aromatic N) is 1. The molecule has 0 radical (unpaired) electrons. The molecule has 2 aromatic rings. The van der Waals surface area contributed by atoms with Crippen LogP contribution in [0.15, 0.2) is 48.5 Å². The lowest BCUT2D eigenvalue weighted by molar-refractivity contribution is -0.683. The van der Waals surface area contributed by atoms with Crippen LogP contribution in [-0.2, 0) is 9.59 Å². The van der Waals surface area contributed by atoms with Crippen molar-refractivity contribution >= 4 is 29.1 Å². The molecular weight excluding hydrogens is 362 g/mol. The van der Waals surface area contributed by atoms with Crippen LogP contribution >= 0.6 is 11.6 Å². The molecule has 0 aromatic heterocycles. The Kier molecular flexibility index (Phi) is 7.82. The largest absolute Gasteiger partial charge is 0.333 e. The molecule has 0 bridgehead atoms. The van der Waals surface area contributed by atoms with E-state index in [1.165, 1.54) is 5.56 Å².